The van der Waals surface area contributed by atoms with Crippen molar-refractivity contribution in [3.05, 3.63) is 28.5 Å². The molecule has 1 aromatic carbocycles. The summed E-state index contributed by atoms with van der Waals surface area (Å²) in [4.78, 5) is -0.0319. The molecular formula is C12H15BrFNO3S. The molecule has 0 atom stereocenters. The Balaban J connectivity index is 2.14. The van der Waals surface area contributed by atoms with Gasteiger partial charge in [-0.15, -0.1) is 0 Å². The lowest BCUT2D eigenvalue weighted by molar-refractivity contribution is 0.0531. The van der Waals surface area contributed by atoms with E-state index in [2.05, 4.69) is 20.7 Å². The van der Waals surface area contributed by atoms with Gasteiger partial charge in [-0.3, -0.25) is 0 Å². The van der Waals surface area contributed by atoms with Crippen molar-refractivity contribution >= 4 is 26.0 Å². The summed E-state index contributed by atoms with van der Waals surface area (Å²) in [5, 5.41) is 10.1. The molecule has 0 radical (unpaired) electrons. The average molecular weight is 352 g/mol. The van der Waals surface area contributed by atoms with Crippen molar-refractivity contribution in [1.82, 2.24) is 4.72 Å². The second-order valence-corrected chi connectivity index (χ2v) is 7.42. The summed E-state index contributed by atoms with van der Waals surface area (Å²) in [5.74, 6) is -0.514. The molecule has 2 rings (SSSR count). The van der Waals surface area contributed by atoms with Gasteiger partial charge in [-0.25, -0.2) is 17.5 Å². The van der Waals surface area contributed by atoms with Crippen LogP contribution in [0.15, 0.2) is 27.6 Å². The molecule has 106 valence electrons. The summed E-state index contributed by atoms with van der Waals surface area (Å²) in [6, 6.07) is 3.38. The highest BCUT2D eigenvalue weighted by Gasteiger charge is 2.32. The lowest BCUT2D eigenvalue weighted by atomic mass is 10.0. The first-order chi connectivity index (χ1) is 8.82. The molecule has 4 nitrogen and oxygen atoms in total. The summed E-state index contributed by atoms with van der Waals surface area (Å²) in [6.45, 7) is -0.0147. The van der Waals surface area contributed by atoms with E-state index in [1.165, 1.54) is 6.07 Å². The summed E-state index contributed by atoms with van der Waals surface area (Å²) in [6.07, 6.45) is 3.00. The van der Waals surface area contributed by atoms with Gasteiger partial charge in [0.2, 0.25) is 10.0 Å². The predicted octanol–water partition coefficient (Wildman–Crippen LogP) is 2.17. The molecule has 1 fully saturated rings. The van der Waals surface area contributed by atoms with E-state index in [0.717, 1.165) is 25.0 Å². The maximum absolute atomic E-state index is 12.9. The third-order valence-corrected chi connectivity index (χ3v) is 5.69. The van der Waals surface area contributed by atoms with E-state index in [9.17, 15) is 17.9 Å². The molecule has 0 bridgehead atoms. The number of sulfonamides is 1. The van der Waals surface area contributed by atoms with Gasteiger partial charge in [-0.05, 0) is 47.0 Å². The van der Waals surface area contributed by atoms with Crippen LogP contribution in [-0.4, -0.2) is 25.7 Å². The molecule has 0 heterocycles. The van der Waals surface area contributed by atoms with Gasteiger partial charge in [-0.2, -0.15) is 0 Å². The highest BCUT2D eigenvalue weighted by atomic mass is 79.9. The van der Waals surface area contributed by atoms with Crippen LogP contribution >= 0.6 is 15.9 Å². The molecule has 7 heteroatoms. The fourth-order valence-corrected chi connectivity index (χ4v) is 4.38. The van der Waals surface area contributed by atoms with Crippen LogP contribution in [0.25, 0.3) is 0 Å². The van der Waals surface area contributed by atoms with Crippen LogP contribution in [0.4, 0.5) is 4.39 Å². The maximum atomic E-state index is 12.9. The lowest BCUT2D eigenvalue weighted by Gasteiger charge is -2.22. The van der Waals surface area contributed by atoms with E-state index < -0.39 is 21.4 Å². The van der Waals surface area contributed by atoms with Crippen LogP contribution in [0.2, 0.25) is 0 Å². The van der Waals surface area contributed by atoms with Gasteiger partial charge < -0.3 is 5.11 Å². The van der Waals surface area contributed by atoms with Crippen LogP contribution in [0.3, 0.4) is 0 Å². The zero-order valence-corrected chi connectivity index (χ0v) is 12.6. The SMILES string of the molecule is O=S(=O)(NCC1(O)CCCC1)c1ccc(F)cc1Br. The molecule has 0 spiro atoms. The Morgan fingerprint density at radius 2 is 2.00 bits per heavy atom. The molecule has 0 unspecified atom stereocenters. The lowest BCUT2D eigenvalue weighted by Crippen LogP contribution is -2.40. The summed E-state index contributed by atoms with van der Waals surface area (Å²) >= 11 is 3.03. The molecule has 0 aliphatic heterocycles. The Bertz CT molecular complexity index is 570. The quantitative estimate of drug-likeness (QED) is 0.873. The molecular weight excluding hydrogens is 337 g/mol. The number of hydrogen-bond donors (Lipinski definition) is 2. The van der Waals surface area contributed by atoms with Gasteiger partial charge in [0.25, 0.3) is 0 Å². The van der Waals surface area contributed by atoms with Crippen molar-refractivity contribution in [2.45, 2.75) is 36.2 Å². The van der Waals surface area contributed by atoms with Gasteiger partial charge in [0.1, 0.15) is 5.82 Å². The Kier molecular flexibility index (Phi) is 4.29. The molecule has 2 N–H and O–H groups in total. The molecule has 0 saturated heterocycles. The van der Waals surface area contributed by atoms with Crippen molar-refractivity contribution in [1.29, 1.82) is 0 Å². The Labute approximate surface area is 120 Å². The van der Waals surface area contributed by atoms with Gasteiger partial charge in [-0.1, -0.05) is 12.8 Å². The molecule has 1 saturated carbocycles. The second-order valence-electron chi connectivity index (χ2n) is 4.83. The third kappa shape index (κ3) is 3.53. The number of rotatable bonds is 4. The Morgan fingerprint density at radius 1 is 1.37 bits per heavy atom. The minimum Gasteiger partial charge on any atom is -0.389 e. The molecule has 19 heavy (non-hydrogen) atoms. The van der Waals surface area contributed by atoms with Crippen molar-refractivity contribution < 1.29 is 17.9 Å². The topological polar surface area (TPSA) is 66.4 Å². The fourth-order valence-electron chi connectivity index (χ4n) is 2.21. The molecule has 1 aliphatic rings. The van der Waals surface area contributed by atoms with E-state index in [0.29, 0.717) is 12.8 Å². The maximum Gasteiger partial charge on any atom is 0.241 e. The average Bonchev–Trinajstić information content (AvgIpc) is 2.74. The van der Waals surface area contributed by atoms with Crippen LogP contribution in [0, 0.1) is 5.82 Å². The van der Waals surface area contributed by atoms with Gasteiger partial charge in [0.15, 0.2) is 0 Å². The van der Waals surface area contributed by atoms with Crippen LogP contribution in [0.1, 0.15) is 25.7 Å². The highest BCUT2D eigenvalue weighted by Crippen LogP contribution is 2.29. The van der Waals surface area contributed by atoms with E-state index in [1.807, 2.05) is 0 Å². The monoisotopic (exact) mass is 351 g/mol. The van der Waals surface area contributed by atoms with Crippen LogP contribution in [0.5, 0.6) is 0 Å². The Morgan fingerprint density at radius 3 is 2.58 bits per heavy atom. The zero-order valence-electron chi connectivity index (χ0n) is 10.2. The number of nitrogens with one attached hydrogen (secondary N) is 1. The molecule has 1 aromatic rings. The first-order valence-corrected chi connectivity index (χ1v) is 8.27. The van der Waals surface area contributed by atoms with E-state index >= 15 is 0 Å². The normalized spacial score (nSPS) is 18.7. The molecule has 0 amide bonds. The molecule has 1 aliphatic carbocycles. The minimum absolute atomic E-state index is 0.0147. The highest BCUT2D eigenvalue weighted by molar-refractivity contribution is 9.10. The Hall–Kier alpha value is -0.500. The number of benzene rings is 1. The van der Waals surface area contributed by atoms with Crippen molar-refractivity contribution in [3.63, 3.8) is 0 Å². The number of aliphatic hydroxyl groups is 1. The first-order valence-electron chi connectivity index (χ1n) is 6.00. The van der Waals surface area contributed by atoms with Crippen molar-refractivity contribution in [3.8, 4) is 0 Å². The molecule has 0 aromatic heterocycles. The standard InChI is InChI=1S/C12H15BrFNO3S/c13-10-7-9(14)3-4-11(10)19(17,18)15-8-12(16)5-1-2-6-12/h3-4,7,15-16H,1-2,5-6,8H2. The second kappa shape index (κ2) is 5.47. The predicted molar refractivity (Wildman–Crippen MR) is 72.7 cm³/mol. The third-order valence-electron chi connectivity index (χ3n) is 3.31. The number of halogens is 2. The van der Waals surface area contributed by atoms with Crippen LogP contribution < -0.4 is 4.72 Å². The zero-order chi connectivity index (χ0) is 14.1. The largest absolute Gasteiger partial charge is 0.389 e. The van der Waals surface area contributed by atoms with Gasteiger partial charge >= 0.3 is 0 Å². The minimum atomic E-state index is -3.76. The summed E-state index contributed by atoms with van der Waals surface area (Å²) < 4.78 is 39.7. The van der Waals surface area contributed by atoms with Crippen molar-refractivity contribution in [2.75, 3.05) is 6.54 Å². The van der Waals surface area contributed by atoms with Crippen molar-refractivity contribution in [2.24, 2.45) is 0 Å². The number of hydrogen-bond acceptors (Lipinski definition) is 3. The summed E-state index contributed by atoms with van der Waals surface area (Å²) in [7, 11) is -3.76. The van der Waals surface area contributed by atoms with Gasteiger partial charge in [0, 0.05) is 11.0 Å². The smallest absolute Gasteiger partial charge is 0.241 e. The summed E-state index contributed by atoms with van der Waals surface area (Å²) in [5.41, 5.74) is -0.959. The fraction of sp³-hybridized carbons (Fsp3) is 0.500. The van der Waals surface area contributed by atoms with E-state index in [4.69, 9.17) is 0 Å². The van der Waals surface area contributed by atoms with Gasteiger partial charge in [0.05, 0.1) is 10.5 Å². The van der Waals surface area contributed by atoms with E-state index in [-0.39, 0.29) is 15.9 Å². The van der Waals surface area contributed by atoms with Crippen LogP contribution in [-0.2, 0) is 10.0 Å². The first kappa shape index (κ1) is 14.9. The van der Waals surface area contributed by atoms with E-state index in [1.54, 1.807) is 0 Å².